The van der Waals surface area contributed by atoms with E-state index in [1.807, 2.05) is 31.2 Å². The Morgan fingerprint density at radius 1 is 1.00 bits per heavy atom. The van der Waals surface area contributed by atoms with Crippen molar-refractivity contribution in [3.05, 3.63) is 77.8 Å². The molecule has 2 aromatic carbocycles. The highest BCUT2D eigenvalue weighted by Crippen LogP contribution is 2.24. The smallest absolute Gasteiger partial charge is 0.305 e. The first-order valence-corrected chi connectivity index (χ1v) is 8.22. The highest BCUT2D eigenvalue weighted by atomic mass is 32.1. The van der Waals surface area contributed by atoms with Crippen LogP contribution in [0.25, 0.3) is 11.3 Å². The number of carbonyl (C=O) groups excluding carboxylic acids is 1. The molecular formula is C19H16FN3O2S. The lowest BCUT2D eigenvalue weighted by molar-refractivity contribution is 0.0917. The largest absolute Gasteiger partial charge is 0.451 e. The Labute approximate surface area is 155 Å². The summed E-state index contributed by atoms with van der Waals surface area (Å²) < 4.78 is 19.2. The number of benzene rings is 2. The number of amides is 1. The van der Waals surface area contributed by atoms with Crippen LogP contribution in [0.1, 0.15) is 16.1 Å². The molecule has 1 amide bonds. The minimum Gasteiger partial charge on any atom is -0.451 e. The quantitative estimate of drug-likeness (QED) is 0.481. The van der Waals surface area contributed by atoms with Crippen LogP contribution in [0, 0.1) is 12.7 Å². The van der Waals surface area contributed by atoms with Crippen molar-refractivity contribution in [3.63, 3.8) is 0 Å². The topological polar surface area (TPSA) is 66.3 Å². The van der Waals surface area contributed by atoms with Gasteiger partial charge < -0.3 is 9.73 Å². The van der Waals surface area contributed by atoms with Crippen molar-refractivity contribution in [2.75, 3.05) is 5.32 Å². The van der Waals surface area contributed by atoms with Crippen molar-refractivity contribution >= 4 is 28.9 Å². The summed E-state index contributed by atoms with van der Waals surface area (Å²) in [6.45, 7) is 1.99. The summed E-state index contributed by atoms with van der Waals surface area (Å²) in [4.78, 5) is 12.1. The summed E-state index contributed by atoms with van der Waals surface area (Å²) >= 11 is 5.12. The average molecular weight is 369 g/mol. The zero-order chi connectivity index (χ0) is 18.5. The molecule has 0 aliphatic rings. The van der Waals surface area contributed by atoms with Crippen molar-refractivity contribution in [2.45, 2.75) is 6.92 Å². The van der Waals surface area contributed by atoms with Crippen LogP contribution < -0.4 is 16.2 Å². The Hall–Kier alpha value is -3.19. The number of hydrazine groups is 1. The third kappa shape index (κ3) is 4.25. The summed E-state index contributed by atoms with van der Waals surface area (Å²) in [6.07, 6.45) is 0. The molecule has 0 radical (unpaired) electrons. The molecule has 0 aliphatic carbocycles. The Balaban J connectivity index is 1.58. The van der Waals surface area contributed by atoms with Crippen LogP contribution in [0.5, 0.6) is 0 Å². The normalized spacial score (nSPS) is 10.2. The molecule has 132 valence electrons. The monoisotopic (exact) mass is 369 g/mol. The number of hydrogen-bond donors (Lipinski definition) is 3. The molecule has 0 bridgehead atoms. The first kappa shape index (κ1) is 17.6. The highest BCUT2D eigenvalue weighted by molar-refractivity contribution is 7.80. The van der Waals surface area contributed by atoms with Gasteiger partial charge in [0.15, 0.2) is 10.9 Å². The van der Waals surface area contributed by atoms with E-state index in [1.165, 1.54) is 18.2 Å². The van der Waals surface area contributed by atoms with Gasteiger partial charge >= 0.3 is 5.91 Å². The number of carbonyl (C=O) groups is 1. The Morgan fingerprint density at radius 2 is 1.73 bits per heavy atom. The maximum Gasteiger partial charge on any atom is 0.305 e. The second-order valence-corrected chi connectivity index (χ2v) is 5.95. The van der Waals surface area contributed by atoms with E-state index in [4.69, 9.17) is 16.6 Å². The van der Waals surface area contributed by atoms with E-state index >= 15 is 0 Å². The zero-order valence-corrected chi connectivity index (χ0v) is 14.7. The third-order valence-electron chi connectivity index (χ3n) is 3.57. The molecule has 0 aliphatic heterocycles. The molecular weight excluding hydrogens is 353 g/mol. The van der Waals surface area contributed by atoms with Gasteiger partial charge in [-0.25, -0.2) is 4.39 Å². The van der Waals surface area contributed by atoms with Gasteiger partial charge in [-0.1, -0.05) is 29.8 Å². The minimum absolute atomic E-state index is 0.0360. The molecule has 0 fully saturated rings. The fourth-order valence-electron chi connectivity index (χ4n) is 2.24. The number of furan rings is 1. The minimum atomic E-state index is -0.527. The van der Waals surface area contributed by atoms with Crippen LogP contribution >= 0.6 is 12.2 Å². The van der Waals surface area contributed by atoms with Crippen molar-refractivity contribution in [1.82, 2.24) is 10.9 Å². The Bertz CT molecular complexity index is 938. The molecule has 0 atom stereocenters. The van der Waals surface area contributed by atoms with Crippen LogP contribution in [0.15, 0.2) is 65.1 Å². The Kier molecular flexibility index (Phi) is 5.28. The van der Waals surface area contributed by atoms with E-state index in [9.17, 15) is 9.18 Å². The lowest BCUT2D eigenvalue weighted by Crippen LogP contribution is -2.43. The van der Waals surface area contributed by atoms with E-state index in [0.29, 0.717) is 0 Å². The van der Waals surface area contributed by atoms with Gasteiger partial charge in [-0.2, -0.15) is 0 Å². The molecule has 3 N–H and O–H groups in total. The second kappa shape index (κ2) is 7.79. The number of halogens is 1. The molecule has 0 saturated carbocycles. The van der Waals surface area contributed by atoms with Crippen LogP contribution in [0.3, 0.4) is 0 Å². The molecule has 1 heterocycles. The lowest BCUT2D eigenvalue weighted by atomic mass is 10.1. The first-order valence-electron chi connectivity index (χ1n) is 7.81. The van der Waals surface area contributed by atoms with Crippen LogP contribution in [0.4, 0.5) is 10.1 Å². The SMILES string of the molecule is Cc1ccc(NC(=S)NNC(=O)c2ccc(-c3ccccc3F)o2)cc1. The number of anilines is 1. The van der Waals surface area contributed by atoms with Gasteiger partial charge in [0.2, 0.25) is 0 Å². The maximum atomic E-state index is 13.8. The highest BCUT2D eigenvalue weighted by Gasteiger charge is 2.14. The maximum absolute atomic E-state index is 13.8. The van der Waals surface area contributed by atoms with E-state index in [-0.39, 0.29) is 22.2 Å². The molecule has 0 unspecified atom stereocenters. The van der Waals surface area contributed by atoms with E-state index in [1.54, 1.807) is 18.2 Å². The molecule has 0 spiro atoms. The van der Waals surface area contributed by atoms with Gasteiger partial charge in [0.05, 0.1) is 5.56 Å². The summed E-state index contributed by atoms with van der Waals surface area (Å²) in [6, 6.07) is 16.8. The van der Waals surface area contributed by atoms with Crippen molar-refractivity contribution in [1.29, 1.82) is 0 Å². The van der Waals surface area contributed by atoms with Crippen LogP contribution in [-0.4, -0.2) is 11.0 Å². The standard InChI is InChI=1S/C19H16FN3O2S/c1-12-6-8-13(9-7-12)21-19(26)23-22-18(24)17-11-10-16(25-17)14-4-2-3-5-15(14)20/h2-11H,1H3,(H,22,24)(H2,21,23,26). The molecule has 26 heavy (non-hydrogen) atoms. The van der Waals surface area contributed by atoms with E-state index in [2.05, 4.69) is 16.2 Å². The molecule has 3 rings (SSSR count). The predicted molar refractivity (Wildman–Crippen MR) is 102 cm³/mol. The van der Waals surface area contributed by atoms with Crippen LogP contribution in [0.2, 0.25) is 0 Å². The van der Waals surface area contributed by atoms with E-state index in [0.717, 1.165) is 11.3 Å². The average Bonchev–Trinajstić information content (AvgIpc) is 3.12. The molecule has 0 saturated heterocycles. The predicted octanol–water partition coefficient (Wildman–Crippen LogP) is 4.03. The van der Waals surface area contributed by atoms with Crippen molar-refractivity contribution in [3.8, 4) is 11.3 Å². The summed E-state index contributed by atoms with van der Waals surface area (Å²) in [5.74, 6) is -0.640. The van der Waals surface area contributed by atoms with Gasteiger partial charge in [0.1, 0.15) is 11.6 Å². The summed E-state index contributed by atoms with van der Waals surface area (Å²) in [7, 11) is 0. The first-order chi connectivity index (χ1) is 12.5. The second-order valence-electron chi connectivity index (χ2n) is 5.54. The number of hydrogen-bond acceptors (Lipinski definition) is 3. The Morgan fingerprint density at radius 3 is 2.46 bits per heavy atom. The molecule has 5 nitrogen and oxygen atoms in total. The molecule has 7 heteroatoms. The van der Waals surface area contributed by atoms with Crippen LogP contribution in [-0.2, 0) is 0 Å². The third-order valence-corrected chi connectivity index (χ3v) is 3.77. The van der Waals surface area contributed by atoms with Crippen molar-refractivity contribution in [2.24, 2.45) is 0 Å². The number of aryl methyl sites for hydroxylation is 1. The zero-order valence-electron chi connectivity index (χ0n) is 13.9. The molecule has 3 aromatic rings. The van der Waals surface area contributed by atoms with Gasteiger partial charge in [-0.15, -0.1) is 0 Å². The number of rotatable bonds is 3. The number of thiocarbonyl (C=S) groups is 1. The molecule has 1 aromatic heterocycles. The van der Waals surface area contributed by atoms with Gasteiger partial charge in [0, 0.05) is 5.69 Å². The fraction of sp³-hybridized carbons (Fsp3) is 0.0526. The summed E-state index contributed by atoms with van der Waals surface area (Å²) in [5, 5.41) is 3.16. The lowest BCUT2D eigenvalue weighted by Gasteiger charge is -2.11. The summed E-state index contributed by atoms with van der Waals surface area (Å²) in [5.41, 5.74) is 7.23. The van der Waals surface area contributed by atoms with E-state index < -0.39 is 11.7 Å². The fourth-order valence-corrected chi connectivity index (χ4v) is 2.41. The van der Waals surface area contributed by atoms with Gasteiger partial charge in [-0.05, 0) is 55.5 Å². The number of nitrogens with one attached hydrogen (secondary N) is 3. The van der Waals surface area contributed by atoms with Gasteiger partial charge in [-0.3, -0.25) is 15.6 Å². The van der Waals surface area contributed by atoms with Gasteiger partial charge in [0.25, 0.3) is 0 Å². The van der Waals surface area contributed by atoms with Crippen molar-refractivity contribution < 1.29 is 13.6 Å².